The van der Waals surface area contributed by atoms with Gasteiger partial charge < -0.3 is 4.74 Å². The molecule has 0 aliphatic rings. The number of hydrogen-bond acceptors (Lipinski definition) is 4. The number of carbonyl (C=O) groups is 2. The Morgan fingerprint density at radius 1 is 1.04 bits per heavy atom. The normalized spacial score (nSPS) is 10.5. The van der Waals surface area contributed by atoms with Crippen molar-refractivity contribution in [3.63, 3.8) is 0 Å². The van der Waals surface area contributed by atoms with Crippen LogP contribution in [-0.4, -0.2) is 19.0 Å². The molecule has 1 heterocycles. The molecule has 2 aromatic carbocycles. The molecule has 0 bridgehead atoms. The number of benzene rings is 2. The molecule has 0 fully saturated rings. The molecular formula is C18H15NO3S. The Bertz CT molecular complexity index is 885. The van der Waals surface area contributed by atoms with E-state index in [0.717, 1.165) is 16.5 Å². The number of amides is 1. The molecule has 0 spiro atoms. The summed E-state index contributed by atoms with van der Waals surface area (Å²) in [6, 6.07) is 15.5. The predicted molar refractivity (Wildman–Crippen MR) is 92.4 cm³/mol. The SMILES string of the molecule is COC(=O)c1sccc1N(C(C)=O)c1ccc2ccccc2c1. The van der Waals surface area contributed by atoms with E-state index in [1.54, 1.807) is 11.4 Å². The van der Waals surface area contributed by atoms with Crippen LogP contribution in [0.2, 0.25) is 0 Å². The lowest BCUT2D eigenvalue weighted by Crippen LogP contribution is -2.24. The summed E-state index contributed by atoms with van der Waals surface area (Å²) in [6.07, 6.45) is 0. The largest absolute Gasteiger partial charge is 0.465 e. The molecule has 116 valence electrons. The molecule has 4 nitrogen and oxygen atoms in total. The minimum absolute atomic E-state index is 0.163. The van der Waals surface area contributed by atoms with Gasteiger partial charge in [0.15, 0.2) is 0 Å². The number of fused-ring (bicyclic) bond motifs is 1. The molecule has 0 unspecified atom stereocenters. The average Bonchev–Trinajstić information content (AvgIpc) is 3.03. The van der Waals surface area contributed by atoms with E-state index in [9.17, 15) is 9.59 Å². The lowest BCUT2D eigenvalue weighted by molar-refractivity contribution is -0.115. The van der Waals surface area contributed by atoms with Gasteiger partial charge in [-0.15, -0.1) is 11.3 Å². The monoisotopic (exact) mass is 325 g/mol. The zero-order valence-corrected chi connectivity index (χ0v) is 13.6. The van der Waals surface area contributed by atoms with Gasteiger partial charge in [-0.1, -0.05) is 30.3 Å². The van der Waals surface area contributed by atoms with Crippen LogP contribution in [0.5, 0.6) is 0 Å². The van der Waals surface area contributed by atoms with Crippen molar-refractivity contribution in [3.8, 4) is 0 Å². The Hall–Kier alpha value is -2.66. The second kappa shape index (κ2) is 6.22. The molecule has 3 rings (SSSR count). The third kappa shape index (κ3) is 2.83. The highest BCUT2D eigenvalue weighted by Gasteiger charge is 2.23. The van der Waals surface area contributed by atoms with Gasteiger partial charge in [-0.3, -0.25) is 9.69 Å². The van der Waals surface area contributed by atoms with Gasteiger partial charge in [-0.05, 0) is 34.4 Å². The molecule has 1 aromatic heterocycles. The van der Waals surface area contributed by atoms with Gasteiger partial charge in [0.25, 0.3) is 0 Å². The predicted octanol–water partition coefficient (Wildman–Crippen LogP) is 4.37. The fourth-order valence-corrected chi connectivity index (χ4v) is 3.32. The Morgan fingerprint density at radius 2 is 1.78 bits per heavy atom. The van der Waals surface area contributed by atoms with Crippen molar-refractivity contribution in [1.82, 2.24) is 0 Å². The third-order valence-electron chi connectivity index (χ3n) is 3.56. The fraction of sp³-hybridized carbons (Fsp3) is 0.111. The first-order chi connectivity index (χ1) is 11.1. The Morgan fingerprint density at radius 3 is 2.48 bits per heavy atom. The number of carbonyl (C=O) groups excluding carboxylic acids is 2. The van der Waals surface area contributed by atoms with Crippen molar-refractivity contribution in [1.29, 1.82) is 0 Å². The van der Waals surface area contributed by atoms with Crippen LogP contribution in [0.25, 0.3) is 10.8 Å². The van der Waals surface area contributed by atoms with Crippen molar-refractivity contribution >= 4 is 45.4 Å². The molecule has 23 heavy (non-hydrogen) atoms. The summed E-state index contributed by atoms with van der Waals surface area (Å²) in [5.41, 5.74) is 1.27. The number of nitrogens with zero attached hydrogens (tertiary/aromatic N) is 1. The summed E-state index contributed by atoms with van der Waals surface area (Å²) in [5.74, 6) is -0.606. The molecule has 0 saturated heterocycles. The molecule has 0 atom stereocenters. The molecule has 5 heteroatoms. The van der Waals surface area contributed by atoms with Gasteiger partial charge in [0.2, 0.25) is 5.91 Å². The van der Waals surface area contributed by atoms with Crippen molar-refractivity contribution < 1.29 is 14.3 Å². The highest BCUT2D eigenvalue weighted by atomic mass is 32.1. The van der Waals surface area contributed by atoms with Crippen LogP contribution in [0.15, 0.2) is 53.9 Å². The van der Waals surface area contributed by atoms with Gasteiger partial charge in [0.05, 0.1) is 12.8 Å². The van der Waals surface area contributed by atoms with Crippen LogP contribution >= 0.6 is 11.3 Å². The molecule has 1 amide bonds. The van der Waals surface area contributed by atoms with Gasteiger partial charge in [-0.2, -0.15) is 0 Å². The van der Waals surface area contributed by atoms with E-state index < -0.39 is 5.97 Å². The number of thiophene rings is 1. The van der Waals surface area contributed by atoms with Crippen LogP contribution in [-0.2, 0) is 9.53 Å². The lowest BCUT2D eigenvalue weighted by atomic mass is 10.1. The third-order valence-corrected chi connectivity index (χ3v) is 4.45. The smallest absolute Gasteiger partial charge is 0.350 e. The van der Waals surface area contributed by atoms with Gasteiger partial charge >= 0.3 is 5.97 Å². The summed E-state index contributed by atoms with van der Waals surface area (Å²) in [4.78, 5) is 26.1. The van der Waals surface area contributed by atoms with Crippen molar-refractivity contribution in [2.75, 3.05) is 12.0 Å². The highest BCUT2D eigenvalue weighted by molar-refractivity contribution is 7.12. The second-order valence-electron chi connectivity index (χ2n) is 5.01. The summed E-state index contributed by atoms with van der Waals surface area (Å²) in [7, 11) is 1.33. The standard InChI is InChI=1S/C18H15NO3S/c1-12(20)19(16-9-10-23-17(16)18(21)22-2)15-8-7-13-5-3-4-6-14(13)11-15/h3-11H,1-2H3. The Labute approximate surface area is 137 Å². The molecule has 0 saturated carbocycles. The van der Waals surface area contributed by atoms with Crippen LogP contribution in [0.3, 0.4) is 0 Å². The zero-order valence-electron chi connectivity index (χ0n) is 12.8. The zero-order chi connectivity index (χ0) is 16.4. The van der Waals surface area contributed by atoms with E-state index in [4.69, 9.17) is 4.74 Å². The van der Waals surface area contributed by atoms with E-state index in [1.165, 1.54) is 30.3 Å². The Kier molecular flexibility index (Phi) is 4.12. The lowest BCUT2D eigenvalue weighted by Gasteiger charge is -2.21. The second-order valence-corrected chi connectivity index (χ2v) is 5.93. The van der Waals surface area contributed by atoms with Crippen LogP contribution < -0.4 is 4.90 Å². The number of esters is 1. The number of methoxy groups -OCH3 is 1. The highest BCUT2D eigenvalue weighted by Crippen LogP contribution is 2.34. The number of ether oxygens (including phenoxy) is 1. The van der Waals surface area contributed by atoms with Gasteiger partial charge in [0.1, 0.15) is 4.88 Å². The number of hydrogen-bond donors (Lipinski definition) is 0. The van der Waals surface area contributed by atoms with E-state index >= 15 is 0 Å². The summed E-state index contributed by atoms with van der Waals surface area (Å²) < 4.78 is 4.80. The minimum atomic E-state index is -0.443. The quantitative estimate of drug-likeness (QED) is 0.672. The molecule has 0 radical (unpaired) electrons. The molecule has 3 aromatic rings. The Balaban J connectivity index is 2.13. The first-order valence-electron chi connectivity index (χ1n) is 7.07. The molecule has 0 N–H and O–H groups in total. The average molecular weight is 325 g/mol. The first kappa shape index (κ1) is 15.2. The van der Waals surface area contributed by atoms with E-state index in [0.29, 0.717) is 10.6 Å². The van der Waals surface area contributed by atoms with Gasteiger partial charge in [-0.25, -0.2) is 4.79 Å². The van der Waals surface area contributed by atoms with Crippen LogP contribution in [0.4, 0.5) is 11.4 Å². The van der Waals surface area contributed by atoms with E-state index in [1.807, 2.05) is 42.5 Å². The van der Waals surface area contributed by atoms with Gasteiger partial charge in [0, 0.05) is 12.6 Å². The maximum absolute atomic E-state index is 12.2. The minimum Gasteiger partial charge on any atom is -0.465 e. The topological polar surface area (TPSA) is 46.6 Å². The van der Waals surface area contributed by atoms with Crippen LogP contribution in [0.1, 0.15) is 16.6 Å². The fourth-order valence-electron chi connectivity index (χ4n) is 2.53. The van der Waals surface area contributed by atoms with E-state index in [2.05, 4.69) is 0 Å². The van der Waals surface area contributed by atoms with Crippen molar-refractivity contribution in [3.05, 3.63) is 58.8 Å². The first-order valence-corrected chi connectivity index (χ1v) is 7.95. The summed E-state index contributed by atoms with van der Waals surface area (Å²) in [6.45, 7) is 1.48. The summed E-state index contributed by atoms with van der Waals surface area (Å²) in [5, 5.41) is 3.91. The number of rotatable bonds is 3. The van der Waals surface area contributed by atoms with E-state index in [-0.39, 0.29) is 5.91 Å². The molecule has 0 aliphatic heterocycles. The number of anilines is 2. The van der Waals surface area contributed by atoms with Crippen molar-refractivity contribution in [2.45, 2.75) is 6.92 Å². The maximum Gasteiger partial charge on any atom is 0.350 e. The van der Waals surface area contributed by atoms with Crippen molar-refractivity contribution in [2.24, 2.45) is 0 Å². The maximum atomic E-state index is 12.2. The van der Waals surface area contributed by atoms with Crippen LogP contribution in [0, 0.1) is 0 Å². The molecular weight excluding hydrogens is 310 g/mol. The molecule has 0 aliphatic carbocycles. The summed E-state index contributed by atoms with van der Waals surface area (Å²) >= 11 is 1.26.